The lowest BCUT2D eigenvalue weighted by atomic mass is 9.89. The van der Waals surface area contributed by atoms with Gasteiger partial charge in [-0.15, -0.1) is 0 Å². The summed E-state index contributed by atoms with van der Waals surface area (Å²) in [5, 5.41) is 9.39. The normalized spacial score (nSPS) is 16.7. The van der Waals surface area contributed by atoms with Crippen LogP contribution in [-0.4, -0.2) is 19.1 Å². The molecule has 0 heterocycles. The van der Waals surface area contributed by atoms with Crippen molar-refractivity contribution in [1.82, 2.24) is 0 Å². The van der Waals surface area contributed by atoms with Crippen LogP contribution in [0, 0.1) is 5.92 Å². The van der Waals surface area contributed by atoms with Gasteiger partial charge in [-0.3, -0.25) is 0 Å². The minimum atomic E-state index is -0.145. The first kappa shape index (κ1) is 10.0. The lowest BCUT2D eigenvalue weighted by Crippen LogP contribution is -2.16. The highest BCUT2D eigenvalue weighted by Crippen LogP contribution is 2.13. The largest absolute Gasteiger partial charge is 0.393 e. The molecule has 10 heavy (non-hydrogen) atoms. The van der Waals surface area contributed by atoms with E-state index in [1.54, 1.807) is 0 Å². The van der Waals surface area contributed by atoms with Gasteiger partial charge in [0.05, 0.1) is 14.0 Å². The van der Waals surface area contributed by atoms with Crippen molar-refractivity contribution in [1.29, 1.82) is 0 Å². The van der Waals surface area contributed by atoms with E-state index in [1.807, 2.05) is 6.92 Å². The summed E-state index contributed by atoms with van der Waals surface area (Å²) >= 11 is 0. The molecule has 2 atom stereocenters. The van der Waals surface area contributed by atoms with Crippen molar-refractivity contribution in [3.05, 3.63) is 0 Å². The van der Waals surface area contributed by atoms with Crippen LogP contribution in [-0.2, 0) is 0 Å². The Hall–Kier alpha value is 0.0249. The zero-order valence-electron chi connectivity index (χ0n) is 7.01. The van der Waals surface area contributed by atoms with Gasteiger partial charge in [0, 0.05) is 0 Å². The van der Waals surface area contributed by atoms with Crippen molar-refractivity contribution < 1.29 is 5.11 Å². The molecule has 0 saturated carbocycles. The summed E-state index contributed by atoms with van der Waals surface area (Å²) in [6, 6.07) is 0. The van der Waals surface area contributed by atoms with Crippen LogP contribution in [0.3, 0.4) is 0 Å². The van der Waals surface area contributed by atoms with E-state index in [1.165, 1.54) is 0 Å². The van der Waals surface area contributed by atoms with Crippen LogP contribution in [0.25, 0.3) is 0 Å². The molecule has 0 amide bonds. The second-order valence-corrected chi connectivity index (χ2v) is 2.91. The highest BCUT2D eigenvalue weighted by Gasteiger charge is 2.10. The molecule has 0 spiro atoms. The Bertz CT molecular complexity index is 65.7. The van der Waals surface area contributed by atoms with Crippen LogP contribution in [0.4, 0.5) is 0 Å². The van der Waals surface area contributed by atoms with E-state index in [-0.39, 0.29) is 6.10 Å². The highest BCUT2D eigenvalue weighted by molar-refractivity contribution is 6.08. The summed E-state index contributed by atoms with van der Waals surface area (Å²) in [5.41, 5.74) is 0. The second-order valence-electron chi connectivity index (χ2n) is 2.91. The van der Waals surface area contributed by atoms with E-state index < -0.39 is 0 Å². The first-order valence-electron chi connectivity index (χ1n) is 4.10. The van der Waals surface area contributed by atoms with E-state index in [0.29, 0.717) is 12.2 Å². The highest BCUT2D eigenvalue weighted by atomic mass is 16.3. The predicted octanol–water partition coefficient (Wildman–Crippen LogP) is 1.76. The summed E-state index contributed by atoms with van der Waals surface area (Å²) in [5.74, 6) is 0.366. The fourth-order valence-electron chi connectivity index (χ4n) is 1.04. The first-order chi connectivity index (χ1) is 4.72. The number of aliphatic hydroxyl groups is 1. The van der Waals surface area contributed by atoms with Crippen molar-refractivity contribution >= 4 is 7.85 Å². The maximum atomic E-state index is 9.39. The summed E-state index contributed by atoms with van der Waals surface area (Å²) in [7, 11) is 5.35. The topological polar surface area (TPSA) is 20.2 Å². The van der Waals surface area contributed by atoms with Crippen LogP contribution in [0.2, 0.25) is 6.32 Å². The van der Waals surface area contributed by atoms with Gasteiger partial charge in [0.2, 0.25) is 0 Å². The third kappa shape index (κ3) is 3.94. The number of aliphatic hydroxyl groups excluding tert-OH is 1. The Morgan fingerprint density at radius 2 is 2.00 bits per heavy atom. The maximum absolute atomic E-state index is 9.39. The Kier molecular flexibility index (Phi) is 5.80. The molecule has 58 valence electrons. The molecule has 0 aromatic carbocycles. The average molecular weight is 140 g/mol. The molecule has 2 heteroatoms. The van der Waals surface area contributed by atoms with Gasteiger partial charge in [0.1, 0.15) is 0 Å². The summed E-state index contributed by atoms with van der Waals surface area (Å²) in [6.45, 7) is 4.13. The summed E-state index contributed by atoms with van der Waals surface area (Å²) in [4.78, 5) is 0. The molecular formula is C8H17BO. The zero-order valence-corrected chi connectivity index (χ0v) is 7.01. The van der Waals surface area contributed by atoms with Gasteiger partial charge in [0.25, 0.3) is 0 Å². The maximum Gasteiger partial charge on any atom is 0.0653 e. The lowest BCUT2D eigenvalue weighted by Gasteiger charge is -2.16. The molecule has 1 nitrogen and oxygen atoms in total. The Morgan fingerprint density at radius 3 is 2.40 bits per heavy atom. The molecule has 2 radical (unpaired) electrons. The molecule has 0 aromatic rings. The van der Waals surface area contributed by atoms with E-state index in [9.17, 15) is 5.11 Å². The number of rotatable bonds is 5. The van der Waals surface area contributed by atoms with Gasteiger partial charge >= 0.3 is 0 Å². The van der Waals surface area contributed by atoms with Gasteiger partial charge in [-0.2, -0.15) is 0 Å². The van der Waals surface area contributed by atoms with Crippen LogP contribution in [0.5, 0.6) is 0 Å². The quantitative estimate of drug-likeness (QED) is 0.577. The van der Waals surface area contributed by atoms with Crippen LogP contribution in [0.15, 0.2) is 0 Å². The van der Waals surface area contributed by atoms with Crippen LogP contribution in [0.1, 0.15) is 33.1 Å². The Morgan fingerprint density at radius 1 is 1.40 bits per heavy atom. The third-order valence-corrected chi connectivity index (χ3v) is 1.86. The van der Waals surface area contributed by atoms with Gasteiger partial charge in [-0.1, -0.05) is 33.0 Å². The molecule has 0 aliphatic carbocycles. The molecule has 0 fully saturated rings. The molecule has 1 N–H and O–H groups in total. The molecule has 1 unspecified atom stereocenters. The Labute approximate surface area is 65.2 Å². The smallest absolute Gasteiger partial charge is 0.0653 e. The van der Waals surface area contributed by atoms with Crippen molar-refractivity contribution in [3.63, 3.8) is 0 Å². The molecule has 0 aliphatic heterocycles. The van der Waals surface area contributed by atoms with Gasteiger partial charge in [-0.25, -0.2) is 0 Å². The third-order valence-electron chi connectivity index (χ3n) is 1.86. The van der Waals surface area contributed by atoms with Crippen LogP contribution < -0.4 is 0 Å². The van der Waals surface area contributed by atoms with Crippen molar-refractivity contribution in [2.75, 3.05) is 0 Å². The molecular weight excluding hydrogens is 123 g/mol. The Balaban J connectivity index is 3.38. The zero-order chi connectivity index (χ0) is 7.98. The molecule has 0 rings (SSSR count). The van der Waals surface area contributed by atoms with E-state index in [4.69, 9.17) is 7.85 Å². The van der Waals surface area contributed by atoms with Gasteiger partial charge in [0.15, 0.2) is 0 Å². The van der Waals surface area contributed by atoms with Crippen molar-refractivity contribution in [2.24, 2.45) is 5.92 Å². The average Bonchev–Trinajstić information content (AvgIpc) is 1.89. The number of hydrogen-bond donors (Lipinski definition) is 1. The molecule has 0 bridgehead atoms. The van der Waals surface area contributed by atoms with Crippen LogP contribution >= 0.6 is 0 Å². The van der Waals surface area contributed by atoms with E-state index in [2.05, 4.69) is 6.92 Å². The fraction of sp³-hybridized carbons (Fsp3) is 1.00. The number of hydrogen-bond acceptors (Lipinski definition) is 1. The standard InChI is InChI=1S/C8H17BO/c1-3-4-8(10)7(2)5-6-9/h7-8,10H,3-6H2,1-2H3/t7?,8-/m1/s1. The molecule has 0 saturated heterocycles. The monoisotopic (exact) mass is 140 g/mol. The fourth-order valence-corrected chi connectivity index (χ4v) is 1.04. The van der Waals surface area contributed by atoms with Gasteiger partial charge < -0.3 is 5.11 Å². The van der Waals surface area contributed by atoms with Gasteiger partial charge in [-0.05, 0) is 12.3 Å². The minimum Gasteiger partial charge on any atom is -0.393 e. The van der Waals surface area contributed by atoms with E-state index in [0.717, 1.165) is 19.3 Å². The predicted molar refractivity (Wildman–Crippen MR) is 45.3 cm³/mol. The van der Waals surface area contributed by atoms with Crippen molar-refractivity contribution in [2.45, 2.75) is 45.5 Å². The van der Waals surface area contributed by atoms with E-state index >= 15 is 0 Å². The summed E-state index contributed by atoms with van der Waals surface area (Å²) in [6.07, 6.45) is 3.42. The minimum absolute atomic E-state index is 0.145. The first-order valence-corrected chi connectivity index (χ1v) is 4.10. The lowest BCUT2D eigenvalue weighted by molar-refractivity contribution is 0.105. The SMILES string of the molecule is [B]CCC(C)[C@H](O)CCC. The van der Waals surface area contributed by atoms with Crippen molar-refractivity contribution in [3.8, 4) is 0 Å². The molecule has 0 aromatic heterocycles. The summed E-state index contributed by atoms with van der Waals surface area (Å²) < 4.78 is 0. The molecule has 0 aliphatic rings. The second kappa shape index (κ2) is 5.78.